The van der Waals surface area contributed by atoms with Crippen LogP contribution in [-0.2, 0) is 9.53 Å². The number of hydrogen-bond acceptors (Lipinski definition) is 2. The van der Waals surface area contributed by atoms with Gasteiger partial charge >= 0.3 is 5.97 Å². The molecule has 0 aliphatic carbocycles. The topological polar surface area (TPSA) is 26.3 Å². The maximum absolute atomic E-state index is 11.2. The molecule has 0 atom stereocenters. The summed E-state index contributed by atoms with van der Waals surface area (Å²) in [6.07, 6.45) is 9.37. The van der Waals surface area contributed by atoms with Crippen LogP contribution in [0.25, 0.3) is 0 Å². The molecule has 0 N–H and O–H groups in total. The molecular formula is C12H20O2. The van der Waals surface area contributed by atoms with Crippen LogP contribution in [0.2, 0.25) is 0 Å². The van der Waals surface area contributed by atoms with Gasteiger partial charge in [-0.2, -0.15) is 0 Å². The highest BCUT2D eigenvalue weighted by Crippen LogP contribution is 2.00. The lowest BCUT2D eigenvalue weighted by molar-refractivity contribution is -0.133. The Balaban J connectivity index is 3.73. The zero-order valence-electron chi connectivity index (χ0n) is 9.38. The van der Waals surface area contributed by atoms with Gasteiger partial charge in [0.25, 0.3) is 0 Å². The predicted molar refractivity (Wildman–Crippen MR) is 58.8 cm³/mol. The van der Waals surface area contributed by atoms with Gasteiger partial charge in [0, 0.05) is 5.57 Å². The summed E-state index contributed by atoms with van der Waals surface area (Å²) in [5, 5.41) is 0. The molecule has 14 heavy (non-hydrogen) atoms. The molecule has 2 heteroatoms. The van der Waals surface area contributed by atoms with E-state index in [1.165, 1.54) is 6.26 Å². The minimum atomic E-state index is -0.250. The van der Waals surface area contributed by atoms with Crippen LogP contribution >= 0.6 is 0 Å². The van der Waals surface area contributed by atoms with Gasteiger partial charge in [0.05, 0.1) is 6.26 Å². The van der Waals surface area contributed by atoms with Crippen molar-refractivity contribution in [3.8, 4) is 0 Å². The molecule has 0 aliphatic rings. The second kappa shape index (κ2) is 8.54. The van der Waals surface area contributed by atoms with Gasteiger partial charge in [-0.25, -0.2) is 4.79 Å². The van der Waals surface area contributed by atoms with Crippen LogP contribution in [0, 0.1) is 0 Å². The zero-order chi connectivity index (χ0) is 10.8. The quantitative estimate of drug-likeness (QED) is 0.281. The third kappa shape index (κ3) is 6.46. The van der Waals surface area contributed by atoms with Crippen molar-refractivity contribution in [3.63, 3.8) is 0 Å². The summed E-state index contributed by atoms with van der Waals surface area (Å²) in [5.74, 6) is -0.250. The Labute approximate surface area is 86.6 Å². The van der Waals surface area contributed by atoms with Gasteiger partial charge in [-0.15, -0.1) is 0 Å². The number of carbonyl (C=O) groups excluding carboxylic acids is 1. The maximum atomic E-state index is 11.2. The molecular weight excluding hydrogens is 176 g/mol. The fraction of sp³-hybridized carbons (Fsp3) is 0.583. The highest BCUT2D eigenvalue weighted by molar-refractivity contribution is 5.88. The number of unbranched alkanes of at least 4 members (excludes halogenated alkanes) is 2. The summed E-state index contributed by atoms with van der Waals surface area (Å²) in [6, 6.07) is 0. The Kier molecular flexibility index (Phi) is 7.90. The molecule has 0 bridgehead atoms. The van der Waals surface area contributed by atoms with E-state index in [9.17, 15) is 4.79 Å². The van der Waals surface area contributed by atoms with Crippen molar-refractivity contribution in [3.05, 3.63) is 24.0 Å². The smallest absolute Gasteiger partial charge is 0.338 e. The van der Waals surface area contributed by atoms with Gasteiger partial charge in [0.2, 0.25) is 0 Å². The molecule has 0 aliphatic heterocycles. The van der Waals surface area contributed by atoms with Gasteiger partial charge in [0.15, 0.2) is 0 Å². The number of esters is 1. The molecule has 0 amide bonds. The number of rotatable bonds is 6. The summed E-state index contributed by atoms with van der Waals surface area (Å²) < 4.78 is 4.92. The molecule has 0 heterocycles. The third-order valence-corrected chi connectivity index (χ3v) is 1.83. The van der Waals surface area contributed by atoms with Crippen LogP contribution in [-0.4, -0.2) is 5.97 Å². The molecule has 0 unspecified atom stereocenters. The first kappa shape index (κ1) is 12.9. The molecule has 2 nitrogen and oxygen atoms in total. The van der Waals surface area contributed by atoms with Gasteiger partial charge in [-0.3, -0.25) is 0 Å². The lowest BCUT2D eigenvalue weighted by Gasteiger charge is -1.98. The van der Waals surface area contributed by atoms with Gasteiger partial charge < -0.3 is 4.74 Å². The minimum absolute atomic E-state index is 0.250. The van der Waals surface area contributed by atoms with Crippen molar-refractivity contribution in [1.82, 2.24) is 0 Å². The normalized spacial score (nSPS) is 12.1. The summed E-state index contributed by atoms with van der Waals surface area (Å²) in [7, 11) is 0. The lowest BCUT2D eigenvalue weighted by atomic mass is 10.2. The predicted octanol–water partition coefficient (Wildman–Crippen LogP) is 3.59. The Morgan fingerprint density at radius 2 is 2.07 bits per heavy atom. The van der Waals surface area contributed by atoms with Crippen molar-refractivity contribution in [1.29, 1.82) is 0 Å². The fourth-order valence-corrected chi connectivity index (χ4v) is 0.982. The van der Waals surface area contributed by atoms with Crippen LogP contribution in [0.5, 0.6) is 0 Å². The Bertz CT molecular complexity index is 214. The van der Waals surface area contributed by atoms with E-state index >= 15 is 0 Å². The average Bonchev–Trinajstić information content (AvgIpc) is 2.17. The summed E-state index contributed by atoms with van der Waals surface area (Å²) in [5.41, 5.74) is 0.674. The lowest BCUT2D eigenvalue weighted by Crippen LogP contribution is -2.00. The van der Waals surface area contributed by atoms with Crippen LogP contribution in [0.1, 0.15) is 46.5 Å². The summed E-state index contributed by atoms with van der Waals surface area (Å²) in [6.45, 7) is 5.90. The Morgan fingerprint density at radius 1 is 1.36 bits per heavy atom. The molecule has 0 saturated heterocycles. The SMILES string of the molecule is CCC=C(C)C(=O)OC=CCCCC. The molecule has 80 valence electrons. The van der Waals surface area contributed by atoms with Crippen molar-refractivity contribution >= 4 is 5.97 Å². The van der Waals surface area contributed by atoms with E-state index in [2.05, 4.69) is 6.92 Å². The summed E-state index contributed by atoms with van der Waals surface area (Å²) in [4.78, 5) is 11.2. The number of ether oxygens (including phenoxy) is 1. The molecule has 0 fully saturated rings. The van der Waals surface area contributed by atoms with Gasteiger partial charge in [-0.05, 0) is 32.3 Å². The van der Waals surface area contributed by atoms with Crippen molar-refractivity contribution in [2.75, 3.05) is 0 Å². The molecule has 0 rings (SSSR count). The second-order valence-corrected chi connectivity index (χ2v) is 3.21. The summed E-state index contributed by atoms with van der Waals surface area (Å²) >= 11 is 0. The van der Waals surface area contributed by atoms with Crippen LogP contribution < -0.4 is 0 Å². The molecule has 0 spiro atoms. The van der Waals surface area contributed by atoms with E-state index in [-0.39, 0.29) is 5.97 Å². The highest BCUT2D eigenvalue weighted by atomic mass is 16.5. The molecule has 0 radical (unpaired) electrons. The van der Waals surface area contributed by atoms with E-state index in [1.807, 2.05) is 19.1 Å². The minimum Gasteiger partial charge on any atom is -0.431 e. The first-order valence-electron chi connectivity index (χ1n) is 5.25. The standard InChI is InChI=1S/C12H20O2/c1-4-6-7-8-10-14-12(13)11(3)9-5-2/h8-10H,4-7H2,1-3H3. The fourth-order valence-electron chi connectivity index (χ4n) is 0.982. The number of hydrogen-bond donors (Lipinski definition) is 0. The van der Waals surface area contributed by atoms with E-state index in [0.29, 0.717) is 5.57 Å². The molecule has 0 aromatic heterocycles. The molecule has 0 saturated carbocycles. The van der Waals surface area contributed by atoms with Gasteiger partial charge in [0.1, 0.15) is 0 Å². The van der Waals surface area contributed by atoms with E-state index in [4.69, 9.17) is 4.74 Å². The molecule has 0 aromatic carbocycles. The largest absolute Gasteiger partial charge is 0.431 e. The van der Waals surface area contributed by atoms with E-state index in [1.54, 1.807) is 6.92 Å². The van der Waals surface area contributed by atoms with Crippen LogP contribution in [0.4, 0.5) is 0 Å². The van der Waals surface area contributed by atoms with Crippen molar-refractivity contribution in [2.45, 2.75) is 46.5 Å². The van der Waals surface area contributed by atoms with E-state index < -0.39 is 0 Å². The van der Waals surface area contributed by atoms with Crippen molar-refractivity contribution in [2.24, 2.45) is 0 Å². The van der Waals surface area contributed by atoms with Gasteiger partial charge in [-0.1, -0.05) is 26.3 Å². The molecule has 0 aromatic rings. The highest BCUT2D eigenvalue weighted by Gasteiger charge is 2.01. The number of carbonyl (C=O) groups is 1. The maximum Gasteiger partial charge on any atom is 0.338 e. The van der Waals surface area contributed by atoms with Crippen molar-refractivity contribution < 1.29 is 9.53 Å². The monoisotopic (exact) mass is 196 g/mol. The first-order valence-corrected chi connectivity index (χ1v) is 5.25. The van der Waals surface area contributed by atoms with E-state index in [0.717, 1.165) is 25.7 Å². The van der Waals surface area contributed by atoms with Crippen LogP contribution in [0.3, 0.4) is 0 Å². The number of allylic oxidation sites excluding steroid dienone is 2. The average molecular weight is 196 g/mol. The van der Waals surface area contributed by atoms with Crippen LogP contribution in [0.15, 0.2) is 24.0 Å². The Hall–Kier alpha value is -1.05. The zero-order valence-corrected chi connectivity index (χ0v) is 9.38. The Morgan fingerprint density at radius 3 is 2.64 bits per heavy atom. The third-order valence-electron chi connectivity index (χ3n) is 1.83. The second-order valence-electron chi connectivity index (χ2n) is 3.21. The first-order chi connectivity index (χ1) is 6.72.